The SMILES string of the molecule is CCCCCCCCCCOS(=O)(=O)[O-].COc1cc(Nc2ccccc2)ccc1[N+]#N. The molecule has 2 aromatic carbocycles. The lowest BCUT2D eigenvalue weighted by molar-refractivity contribution is 0.255. The summed E-state index contributed by atoms with van der Waals surface area (Å²) in [4.78, 5) is 3.14. The highest BCUT2D eigenvalue weighted by Crippen LogP contribution is 2.31. The van der Waals surface area contributed by atoms with Crippen LogP contribution in [0.4, 0.5) is 17.1 Å². The van der Waals surface area contributed by atoms with Crippen molar-refractivity contribution in [3.8, 4) is 5.75 Å². The fourth-order valence-electron chi connectivity index (χ4n) is 2.92. The first-order valence-corrected chi connectivity index (χ1v) is 12.2. The van der Waals surface area contributed by atoms with E-state index in [-0.39, 0.29) is 6.61 Å². The van der Waals surface area contributed by atoms with E-state index >= 15 is 0 Å². The van der Waals surface area contributed by atoms with Gasteiger partial charge in [0.15, 0.2) is 4.98 Å². The Bertz CT molecular complexity index is 915. The number of nitrogens with zero attached hydrogens (tertiary/aromatic N) is 2. The van der Waals surface area contributed by atoms with Crippen LogP contribution in [0.25, 0.3) is 4.98 Å². The molecule has 0 fully saturated rings. The molecule has 8 nitrogen and oxygen atoms in total. The average Bonchev–Trinajstić information content (AvgIpc) is 2.78. The van der Waals surface area contributed by atoms with Crippen LogP contribution in [0.15, 0.2) is 48.5 Å². The van der Waals surface area contributed by atoms with E-state index in [0.717, 1.165) is 24.2 Å². The van der Waals surface area contributed by atoms with E-state index in [1.165, 1.54) is 39.2 Å². The second kappa shape index (κ2) is 16.0. The van der Waals surface area contributed by atoms with E-state index in [1.54, 1.807) is 12.1 Å². The molecule has 1 N–H and O–H groups in total. The molecular formula is C23H33N3O5S. The van der Waals surface area contributed by atoms with Crippen LogP contribution < -0.4 is 10.1 Å². The molecule has 32 heavy (non-hydrogen) atoms. The largest absolute Gasteiger partial charge is 0.726 e. The quantitative estimate of drug-likeness (QED) is 0.155. The first kappa shape index (κ1) is 27.4. The topological polar surface area (TPSA) is 116 Å². The van der Waals surface area contributed by atoms with Gasteiger partial charge in [-0.25, -0.2) is 8.42 Å². The molecular weight excluding hydrogens is 430 g/mol. The fourth-order valence-corrected chi connectivity index (χ4v) is 3.25. The van der Waals surface area contributed by atoms with E-state index in [1.807, 2.05) is 36.4 Å². The van der Waals surface area contributed by atoms with Crippen molar-refractivity contribution < 1.29 is 21.9 Å². The summed E-state index contributed by atoms with van der Waals surface area (Å²) >= 11 is 0. The zero-order valence-corrected chi connectivity index (χ0v) is 19.6. The van der Waals surface area contributed by atoms with Gasteiger partial charge in [-0.05, 0) is 24.6 Å². The standard InChI is InChI=1S/C13H12N3O.C10H22O4S/c1-17-13-9-11(7-8-12(13)16-14)15-10-5-3-2-4-6-10;1-2-3-4-5-6-7-8-9-10-14-15(11,12)13/h2-9,15H,1H3;2-10H2,1H3,(H,11,12,13)/q+1;/p-1. The number of diazo groups is 1. The average molecular weight is 464 g/mol. The number of rotatable bonds is 13. The second-order valence-corrected chi connectivity index (χ2v) is 8.23. The monoisotopic (exact) mass is 463 g/mol. The summed E-state index contributed by atoms with van der Waals surface area (Å²) in [6.45, 7) is 2.21. The van der Waals surface area contributed by atoms with Crippen LogP contribution in [0.1, 0.15) is 58.3 Å². The van der Waals surface area contributed by atoms with Gasteiger partial charge in [0.05, 0.1) is 13.7 Å². The Labute approximate surface area is 191 Å². The molecule has 0 aliphatic rings. The number of benzene rings is 2. The predicted molar refractivity (Wildman–Crippen MR) is 126 cm³/mol. The lowest BCUT2D eigenvalue weighted by atomic mass is 10.1. The molecule has 2 aromatic rings. The van der Waals surface area contributed by atoms with Crippen LogP contribution in [0, 0.1) is 5.39 Å². The van der Waals surface area contributed by atoms with E-state index in [2.05, 4.69) is 21.4 Å². The minimum atomic E-state index is -4.48. The zero-order valence-electron chi connectivity index (χ0n) is 18.8. The molecule has 0 radical (unpaired) electrons. The highest BCUT2D eigenvalue weighted by molar-refractivity contribution is 7.80. The summed E-state index contributed by atoms with van der Waals surface area (Å²) in [6.07, 6.45) is 8.91. The van der Waals surface area contributed by atoms with Crippen molar-refractivity contribution in [1.29, 1.82) is 5.39 Å². The van der Waals surface area contributed by atoms with Gasteiger partial charge in [0, 0.05) is 23.5 Å². The van der Waals surface area contributed by atoms with Gasteiger partial charge in [0.1, 0.15) is 0 Å². The molecule has 0 unspecified atom stereocenters. The minimum Gasteiger partial charge on any atom is -0.726 e. The van der Waals surface area contributed by atoms with Crippen molar-refractivity contribution >= 4 is 27.5 Å². The van der Waals surface area contributed by atoms with Crippen LogP contribution in [0.2, 0.25) is 0 Å². The third-order valence-corrected chi connectivity index (χ3v) is 5.03. The number of nitrogens with one attached hydrogen (secondary N) is 1. The summed E-state index contributed by atoms with van der Waals surface area (Å²) in [6, 6.07) is 15.1. The van der Waals surface area contributed by atoms with Gasteiger partial charge in [-0.15, -0.1) is 0 Å². The number of hydrogen-bond acceptors (Lipinski definition) is 7. The van der Waals surface area contributed by atoms with E-state index < -0.39 is 10.4 Å². The molecule has 0 amide bonds. The molecule has 0 atom stereocenters. The van der Waals surface area contributed by atoms with Crippen molar-refractivity contribution in [3.05, 3.63) is 53.5 Å². The lowest BCUT2D eigenvalue weighted by Gasteiger charge is -2.06. The maximum absolute atomic E-state index is 10.1. The van der Waals surface area contributed by atoms with Crippen LogP contribution in [-0.2, 0) is 14.6 Å². The number of ether oxygens (including phenoxy) is 1. The molecule has 9 heteroatoms. The van der Waals surface area contributed by atoms with Gasteiger partial charge in [0.25, 0.3) is 0 Å². The van der Waals surface area contributed by atoms with Gasteiger partial charge in [-0.3, -0.25) is 4.18 Å². The number of unbranched alkanes of at least 4 members (excludes halogenated alkanes) is 7. The van der Waals surface area contributed by atoms with Crippen LogP contribution in [0.5, 0.6) is 5.75 Å². The van der Waals surface area contributed by atoms with Crippen LogP contribution >= 0.6 is 0 Å². The van der Waals surface area contributed by atoms with E-state index in [4.69, 9.17) is 10.1 Å². The molecule has 0 aromatic heterocycles. The van der Waals surface area contributed by atoms with Crippen molar-refractivity contribution in [2.24, 2.45) is 0 Å². The summed E-state index contributed by atoms with van der Waals surface area (Å²) in [5.41, 5.74) is 2.27. The lowest BCUT2D eigenvalue weighted by Crippen LogP contribution is -2.05. The molecule has 176 valence electrons. The molecule has 0 bridgehead atoms. The Morgan fingerprint density at radius 3 is 2.12 bits per heavy atom. The normalized spacial score (nSPS) is 10.6. The van der Waals surface area contributed by atoms with E-state index in [0.29, 0.717) is 17.9 Å². The Balaban J connectivity index is 0.000000324. The third-order valence-electron chi connectivity index (χ3n) is 4.58. The molecule has 0 spiro atoms. The second-order valence-electron chi connectivity index (χ2n) is 7.18. The molecule has 0 saturated heterocycles. The van der Waals surface area contributed by atoms with Crippen molar-refractivity contribution in [3.63, 3.8) is 0 Å². The Kier molecular flexibility index (Phi) is 13.7. The molecule has 0 saturated carbocycles. The van der Waals surface area contributed by atoms with Crippen LogP contribution in [-0.4, -0.2) is 26.7 Å². The highest BCUT2D eigenvalue weighted by atomic mass is 32.3. The number of anilines is 2. The molecule has 0 aliphatic heterocycles. The van der Waals surface area contributed by atoms with Gasteiger partial charge in [-0.2, -0.15) is 0 Å². The number of hydrogen-bond donors (Lipinski definition) is 1. The number of para-hydroxylation sites is 1. The van der Waals surface area contributed by atoms with E-state index in [9.17, 15) is 13.0 Å². The van der Waals surface area contributed by atoms with Gasteiger partial charge >= 0.3 is 5.69 Å². The number of methoxy groups -OCH3 is 1. The highest BCUT2D eigenvalue weighted by Gasteiger charge is 2.14. The summed E-state index contributed by atoms with van der Waals surface area (Å²) in [5.74, 6) is 0.522. The molecule has 0 heterocycles. The van der Waals surface area contributed by atoms with Gasteiger partial charge < -0.3 is 14.6 Å². The predicted octanol–water partition coefficient (Wildman–Crippen LogP) is 6.53. The first-order valence-electron chi connectivity index (χ1n) is 10.8. The van der Waals surface area contributed by atoms with Crippen molar-refractivity contribution in [2.75, 3.05) is 19.0 Å². The smallest absolute Gasteiger partial charge is 0.426 e. The maximum atomic E-state index is 10.1. The van der Waals surface area contributed by atoms with Gasteiger partial charge in [-0.1, -0.05) is 70.1 Å². The fraction of sp³-hybridized carbons (Fsp3) is 0.478. The summed E-state index contributed by atoms with van der Waals surface area (Å²) < 4.78 is 39.4. The molecule has 2 rings (SSSR count). The molecule has 0 aliphatic carbocycles. The zero-order chi connectivity index (χ0) is 23.7. The van der Waals surface area contributed by atoms with Gasteiger partial charge in [0.2, 0.25) is 21.5 Å². The van der Waals surface area contributed by atoms with Crippen molar-refractivity contribution in [1.82, 2.24) is 0 Å². The maximum Gasteiger partial charge on any atom is 0.426 e. The third kappa shape index (κ3) is 12.9. The first-order chi connectivity index (χ1) is 15.4. The minimum absolute atomic E-state index is 0.0286. The Hall–Kier alpha value is -2.67. The summed E-state index contributed by atoms with van der Waals surface area (Å²) in [7, 11) is -2.94. The van der Waals surface area contributed by atoms with Crippen LogP contribution in [0.3, 0.4) is 0 Å². The Morgan fingerprint density at radius 1 is 0.938 bits per heavy atom. The summed E-state index contributed by atoms with van der Waals surface area (Å²) in [5, 5.41) is 12.0. The Morgan fingerprint density at radius 2 is 1.56 bits per heavy atom. The van der Waals surface area contributed by atoms with Crippen molar-refractivity contribution in [2.45, 2.75) is 58.3 Å².